The predicted molar refractivity (Wildman–Crippen MR) is 70.3 cm³/mol. The summed E-state index contributed by atoms with van der Waals surface area (Å²) < 4.78 is 5.58. The fourth-order valence-electron chi connectivity index (χ4n) is 2.24. The second-order valence-corrected chi connectivity index (χ2v) is 5.18. The maximum Gasteiger partial charge on any atom is 0.317 e. The van der Waals surface area contributed by atoms with Crippen molar-refractivity contribution in [3.05, 3.63) is 29.8 Å². The monoisotopic (exact) mass is 265 g/mol. The largest absolute Gasteiger partial charge is 0.491 e. The highest BCUT2D eigenvalue weighted by Crippen LogP contribution is 2.22. The van der Waals surface area contributed by atoms with Crippen LogP contribution in [0.3, 0.4) is 0 Å². The average Bonchev–Trinajstić information content (AvgIpc) is 2.70. The van der Waals surface area contributed by atoms with Gasteiger partial charge in [0.15, 0.2) is 0 Å². The van der Waals surface area contributed by atoms with Crippen LogP contribution in [-0.2, 0) is 4.79 Å². The molecule has 0 amide bonds. The summed E-state index contributed by atoms with van der Waals surface area (Å²) in [4.78, 5) is 12.3. The first-order valence-corrected chi connectivity index (χ1v) is 6.33. The molecule has 0 aliphatic carbocycles. The number of ether oxygens (including phenoxy) is 1. The molecule has 1 aliphatic rings. The molecule has 104 valence electrons. The molecule has 0 aromatic heterocycles. The topological polar surface area (TPSA) is 70.0 Å². The van der Waals surface area contributed by atoms with Gasteiger partial charge in [-0.1, -0.05) is 17.7 Å². The number of likely N-dealkylation sites (tertiary alicyclic amines) is 1. The highest BCUT2D eigenvalue weighted by molar-refractivity contribution is 5.69. The van der Waals surface area contributed by atoms with Crippen LogP contribution in [-0.4, -0.2) is 52.9 Å². The molecule has 2 N–H and O–H groups in total. The van der Waals surface area contributed by atoms with Gasteiger partial charge in [0, 0.05) is 13.1 Å². The molecule has 1 saturated heterocycles. The van der Waals surface area contributed by atoms with E-state index in [2.05, 4.69) is 0 Å². The molecule has 1 heterocycles. The third-order valence-corrected chi connectivity index (χ3v) is 3.30. The number of nitrogens with zero attached hydrogens (tertiary/aromatic N) is 1. The number of carboxylic acids is 1. The van der Waals surface area contributed by atoms with E-state index >= 15 is 0 Å². The Bertz CT molecular complexity index is 445. The van der Waals surface area contributed by atoms with Gasteiger partial charge in [-0.15, -0.1) is 0 Å². The molecule has 0 bridgehead atoms. The van der Waals surface area contributed by atoms with Gasteiger partial charge in [-0.3, -0.25) is 9.69 Å². The standard InChI is InChI=1S/C14H19NO4/c1-11-2-4-12(5-3-11)19-10-14(18)6-7-15(9-14)8-13(16)17/h2-5,18H,6-10H2,1H3,(H,16,17)/t14-/m0/s1. The highest BCUT2D eigenvalue weighted by Gasteiger charge is 2.37. The van der Waals surface area contributed by atoms with E-state index in [1.807, 2.05) is 31.2 Å². The van der Waals surface area contributed by atoms with Crippen molar-refractivity contribution in [2.24, 2.45) is 0 Å². The third-order valence-electron chi connectivity index (χ3n) is 3.30. The van der Waals surface area contributed by atoms with Gasteiger partial charge >= 0.3 is 5.97 Å². The van der Waals surface area contributed by atoms with Crippen molar-refractivity contribution in [1.29, 1.82) is 0 Å². The second kappa shape index (κ2) is 5.59. The maximum atomic E-state index is 10.6. The van der Waals surface area contributed by atoms with Crippen molar-refractivity contribution in [3.8, 4) is 5.75 Å². The van der Waals surface area contributed by atoms with Gasteiger partial charge < -0.3 is 14.9 Å². The molecule has 0 saturated carbocycles. The zero-order valence-electron chi connectivity index (χ0n) is 11.0. The Morgan fingerprint density at radius 2 is 2.11 bits per heavy atom. The summed E-state index contributed by atoms with van der Waals surface area (Å²) >= 11 is 0. The number of hydrogen-bond acceptors (Lipinski definition) is 4. The number of aryl methyl sites for hydroxylation is 1. The molecule has 5 heteroatoms. The highest BCUT2D eigenvalue weighted by atomic mass is 16.5. The SMILES string of the molecule is Cc1ccc(OC[C@]2(O)CCN(CC(=O)O)C2)cc1. The van der Waals surface area contributed by atoms with E-state index in [0.717, 1.165) is 11.3 Å². The van der Waals surface area contributed by atoms with Crippen LogP contribution in [0, 0.1) is 6.92 Å². The van der Waals surface area contributed by atoms with Crippen molar-refractivity contribution in [2.45, 2.75) is 18.9 Å². The van der Waals surface area contributed by atoms with Crippen molar-refractivity contribution in [2.75, 3.05) is 26.2 Å². The van der Waals surface area contributed by atoms with Crippen LogP contribution in [0.25, 0.3) is 0 Å². The predicted octanol–water partition coefficient (Wildman–Crippen LogP) is 0.895. The Morgan fingerprint density at radius 3 is 2.74 bits per heavy atom. The van der Waals surface area contributed by atoms with Crippen LogP contribution in [0.5, 0.6) is 5.75 Å². The van der Waals surface area contributed by atoms with E-state index in [0.29, 0.717) is 19.5 Å². The van der Waals surface area contributed by atoms with Gasteiger partial charge in [-0.2, -0.15) is 0 Å². The van der Waals surface area contributed by atoms with Crippen molar-refractivity contribution in [3.63, 3.8) is 0 Å². The molecule has 1 atom stereocenters. The molecule has 2 rings (SSSR count). The molecular weight excluding hydrogens is 246 g/mol. The van der Waals surface area contributed by atoms with Crippen LogP contribution in [0.4, 0.5) is 0 Å². The van der Waals surface area contributed by atoms with E-state index in [1.54, 1.807) is 4.90 Å². The van der Waals surface area contributed by atoms with Gasteiger partial charge in [-0.25, -0.2) is 0 Å². The van der Waals surface area contributed by atoms with E-state index in [-0.39, 0.29) is 13.2 Å². The van der Waals surface area contributed by atoms with E-state index in [9.17, 15) is 9.90 Å². The lowest BCUT2D eigenvalue weighted by Crippen LogP contribution is -2.40. The van der Waals surface area contributed by atoms with Crippen LogP contribution in [0.1, 0.15) is 12.0 Å². The summed E-state index contributed by atoms with van der Waals surface area (Å²) in [6.07, 6.45) is 0.534. The van der Waals surface area contributed by atoms with E-state index < -0.39 is 11.6 Å². The minimum Gasteiger partial charge on any atom is -0.491 e. The molecule has 0 radical (unpaired) electrons. The summed E-state index contributed by atoms with van der Waals surface area (Å²) in [5.74, 6) is -0.153. The summed E-state index contributed by atoms with van der Waals surface area (Å²) in [5, 5.41) is 19.1. The van der Waals surface area contributed by atoms with Gasteiger partial charge in [0.05, 0.1) is 6.54 Å². The summed E-state index contributed by atoms with van der Waals surface area (Å²) in [6.45, 7) is 3.07. The minimum atomic E-state index is -0.958. The first kappa shape index (κ1) is 13.8. The summed E-state index contributed by atoms with van der Waals surface area (Å²) in [7, 11) is 0. The van der Waals surface area contributed by atoms with E-state index in [4.69, 9.17) is 9.84 Å². The van der Waals surface area contributed by atoms with E-state index in [1.165, 1.54) is 0 Å². The molecule has 1 aliphatic heterocycles. The normalized spacial score (nSPS) is 23.5. The van der Waals surface area contributed by atoms with Crippen molar-refractivity contribution in [1.82, 2.24) is 4.90 Å². The van der Waals surface area contributed by atoms with Crippen LogP contribution < -0.4 is 4.74 Å². The number of rotatable bonds is 5. The first-order chi connectivity index (χ1) is 8.97. The van der Waals surface area contributed by atoms with Gasteiger partial charge in [0.25, 0.3) is 0 Å². The Hall–Kier alpha value is -1.59. The quantitative estimate of drug-likeness (QED) is 0.827. The Morgan fingerprint density at radius 1 is 1.42 bits per heavy atom. The first-order valence-electron chi connectivity index (χ1n) is 6.33. The van der Waals surface area contributed by atoms with Crippen LogP contribution >= 0.6 is 0 Å². The lowest BCUT2D eigenvalue weighted by molar-refractivity contribution is -0.138. The molecule has 1 aromatic carbocycles. The lowest BCUT2D eigenvalue weighted by atomic mass is 10.1. The zero-order chi connectivity index (χ0) is 13.9. The number of carboxylic acid groups (broad SMARTS) is 1. The molecular formula is C14H19NO4. The lowest BCUT2D eigenvalue weighted by Gasteiger charge is -2.23. The Balaban J connectivity index is 1.85. The van der Waals surface area contributed by atoms with Gasteiger partial charge in [-0.05, 0) is 25.5 Å². The number of benzene rings is 1. The van der Waals surface area contributed by atoms with Crippen molar-refractivity contribution >= 4 is 5.97 Å². The number of carbonyl (C=O) groups is 1. The summed E-state index contributed by atoms with van der Waals surface area (Å²) in [5.41, 5.74) is 0.194. The van der Waals surface area contributed by atoms with Gasteiger partial charge in [0.2, 0.25) is 0 Å². The van der Waals surface area contributed by atoms with Gasteiger partial charge in [0.1, 0.15) is 18.0 Å². The second-order valence-electron chi connectivity index (χ2n) is 5.18. The zero-order valence-corrected chi connectivity index (χ0v) is 11.0. The van der Waals surface area contributed by atoms with Crippen LogP contribution in [0.2, 0.25) is 0 Å². The maximum absolute atomic E-state index is 10.6. The fourth-order valence-corrected chi connectivity index (χ4v) is 2.24. The number of hydrogen-bond donors (Lipinski definition) is 2. The molecule has 5 nitrogen and oxygen atoms in total. The average molecular weight is 265 g/mol. The Labute approximate surface area is 112 Å². The number of aliphatic carboxylic acids is 1. The number of aliphatic hydroxyl groups is 1. The minimum absolute atomic E-state index is 0.0349. The van der Waals surface area contributed by atoms with Crippen molar-refractivity contribution < 1.29 is 19.7 Å². The Kier molecular flexibility index (Phi) is 4.07. The molecule has 0 spiro atoms. The van der Waals surface area contributed by atoms with Crippen LogP contribution in [0.15, 0.2) is 24.3 Å². The fraction of sp³-hybridized carbons (Fsp3) is 0.500. The molecule has 1 aromatic rings. The molecule has 19 heavy (non-hydrogen) atoms. The molecule has 1 fully saturated rings. The number of β-amino-alcohol motifs (C(OH)–C–C–N with tert-alkyl or cyclic N) is 1. The smallest absolute Gasteiger partial charge is 0.317 e. The summed E-state index contributed by atoms with van der Waals surface area (Å²) in [6, 6.07) is 7.63. The third kappa shape index (κ3) is 3.94. The molecule has 0 unspecified atom stereocenters.